The van der Waals surface area contributed by atoms with Crippen molar-refractivity contribution in [3.63, 3.8) is 0 Å². The van der Waals surface area contributed by atoms with Gasteiger partial charge in [0.05, 0.1) is 0 Å². The van der Waals surface area contributed by atoms with Gasteiger partial charge in [-0.05, 0) is 86.9 Å². The first kappa shape index (κ1) is 24.4. The quantitative estimate of drug-likeness (QED) is 0.552. The Morgan fingerprint density at radius 3 is 2.36 bits per heavy atom. The van der Waals surface area contributed by atoms with Crippen molar-refractivity contribution in [2.75, 3.05) is 18.4 Å². The van der Waals surface area contributed by atoms with Crippen LogP contribution in [0.2, 0.25) is 0 Å². The molecule has 1 N–H and O–H groups in total. The first-order valence-corrected chi connectivity index (χ1v) is 13.2. The molecule has 2 aromatic heterocycles. The van der Waals surface area contributed by atoms with Gasteiger partial charge in [0.25, 0.3) is 11.5 Å². The summed E-state index contributed by atoms with van der Waals surface area (Å²) in [6.07, 6.45) is 14.8. The van der Waals surface area contributed by atoms with E-state index in [4.69, 9.17) is 0 Å². The molecule has 1 aliphatic heterocycles. The fourth-order valence-electron chi connectivity index (χ4n) is 4.97. The predicted molar refractivity (Wildman–Crippen MR) is 140 cm³/mol. The number of piperidine rings is 1. The Morgan fingerprint density at radius 1 is 1.00 bits per heavy atom. The van der Waals surface area contributed by atoms with Gasteiger partial charge in [-0.2, -0.15) is 0 Å². The molecule has 8 nitrogen and oxygen atoms in total. The number of benzene rings is 1. The van der Waals surface area contributed by atoms with Crippen LogP contribution in [0.3, 0.4) is 0 Å². The van der Waals surface area contributed by atoms with Crippen LogP contribution in [0.25, 0.3) is 0 Å². The smallest absolute Gasteiger partial charge is 0.263 e. The number of anilines is 1. The van der Waals surface area contributed by atoms with E-state index >= 15 is 0 Å². The second-order valence-electron chi connectivity index (χ2n) is 10.4. The Morgan fingerprint density at radius 2 is 1.75 bits per heavy atom. The van der Waals surface area contributed by atoms with Crippen molar-refractivity contribution >= 4 is 11.6 Å². The van der Waals surface area contributed by atoms with Gasteiger partial charge in [0.15, 0.2) is 0 Å². The zero-order valence-electron chi connectivity index (χ0n) is 21.1. The van der Waals surface area contributed by atoms with E-state index in [9.17, 15) is 9.59 Å². The third-order valence-corrected chi connectivity index (χ3v) is 7.39. The Balaban J connectivity index is 0.000000391. The molecule has 0 unspecified atom stereocenters. The third kappa shape index (κ3) is 6.10. The summed E-state index contributed by atoms with van der Waals surface area (Å²) in [4.78, 5) is 28.6. The zero-order valence-corrected chi connectivity index (χ0v) is 21.1. The maximum Gasteiger partial charge on any atom is 0.263 e. The predicted octanol–water partition coefficient (Wildman–Crippen LogP) is 4.50. The molecule has 0 spiro atoms. The lowest BCUT2D eigenvalue weighted by Crippen LogP contribution is -2.32. The molecule has 2 aliphatic carbocycles. The molecule has 36 heavy (non-hydrogen) atoms. The number of nitrogens with zero attached hydrogens (tertiary/aromatic N) is 5. The fourth-order valence-corrected chi connectivity index (χ4v) is 4.97. The SMILES string of the molecule is Cn1cnnc1.O=C(Nc1cccc(C2CCC2)c1)c1cc(CN2CCCCC2)cn(C2CC2)c1=O. The molecule has 8 heteroatoms. The van der Waals surface area contributed by atoms with Crippen molar-refractivity contribution in [2.45, 2.75) is 69.9 Å². The molecule has 3 fully saturated rings. The molecule has 0 bridgehead atoms. The molecule has 1 aromatic carbocycles. The normalized spacial score (nSPS) is 18.1. The van der Waals surface area contributed by atoms with Crippen LogP contribution in [0.5, 0.6) is 0 Å². The summed E-state index contributed by atoms with van der Waals surface area (Å²) >= 11 is 0. The highest BCUT2D eigenvalue weighted by Crippen LogP contribution is 2.37. The van der Waals surface area contributed by atoms with E-state index in [0.717, 1.165) is 43.7 Å². The summed E-state index contributed by atoms with van der Waals surface area (Å²) in [5, 5.41) is 10.1. The highest BCUT2D eigenvalue weighted by atomic mass is 16.2. The highest BCUT2D eigenvalue weighted by molar-refractivity contribution is 6.04. The van der Waals surface area contributed by atoms with Crippen LogP contribution in [0, 0.1) is 0 Å². The minimum Gasteiger partial charge on any atom is -0.323 e. The Kier molecular flexibility index (Phi) is 7.60. The second-order valence-corrected chi connectivity index (χ2v) is 10.4. The second kappa shape index (κ2) is 11.2. The summed E-state index contributed by atoms with van der Waals surface area (Å²) in [5.41, 5.74) is 3.24. The lowest BCUT2D eigenvalue weighted by atomic mass is 9.80. The average molecular weight is 489 g/mol. The molecule has 3 aliphatic rings. The van der Waals surface area contributed by atoms with Crippen molar-refractivity contribution in [2.24, 2.45) is 7.05 Å². The summed E-state index contributed by atoms with van der Waals surface area (Å²) in [7, 11) is 1.88. The number of amides is 1. The number of rotatable bonds is 6. The van der Waals surface area contributed by atoms with Crippen LogP contribution < -0.4 is 10.9 Å². The Labute approximate surface area is 212 Å². The molecule has 3 heterocycles. The van der Waals surface area contributed by atoms with Gasteiger partial charge < -0.3 is 14.5 Å². The van der Waals surface area contributed by atoms with Crippen molar-refractivity contribution in [1.29, 1.82) is 0 Å². The van der Waals surface area contributed by atoms with Crippen LogP contribution in [0.1, 0.15) is 84.8 Å². The number of aromatic nitrogens is 4. The van der Waals surface area contributed by atoms with E-state index in [0.29, 0.717) is 5.92 Å². The lowest BCUT2D eigenvalue weighted by molar-refractivity contribution is 0.102. The van der Waals surface area contributed by atoms with Crippen molar-refractivity contribution in [1.82, 2.24) is 24.2 Å². The molecule has 0 atom stereocenters. The van der Waals surface area contributed by atoms with Crippen LogP contribution in [-0.2, 0) is 13.6 Å². The van der Waals surface area contributed by atoms with Crippen molar-refractivity contribution in [3.05, 3.63) is 76.2 Å². The molecular weight excluding hydrogens is 452 g/mol. The molecule has 0 radical (unpaired) electrons. The molecule has 3 aromatic rings. The summed E-state index contributed by atoms with van der Waals surface area (Å²) in [6.45, 7) is 3.00. The van der Waals surface area contributed by atoms with Gasteiger partial charge in [-0.1, -0.05) is 25.0 Å². The third-order valence-electron chi connectivity index (χ3n) is 7.39. The van der Waals surface area contributed by atoms with E-state index in [-0.39, 0.29) is 23.1 Å². The maximum atomic E-state index is 13.1. The number of pyridine rings is 1. The summed E-state index contributed by atoms with van der Waals surface area (Å²) in [5.74, 6) is 0.322. The first-order valence-electron chi connectivity index (χ1n) is 13.2. The van der Waals surface area contributed by atoms with Gasteiger partial charge >= 0.3 is 0 Å². The van der Waals surface area contributed by atoms with Gasteiger partial charge in [-0.15, -0.1) is 10.2 Å². The Bertz CT molecular complexity index is 1220. The number of likely N-dealkylation sites (tertiary alicyclic amines) is 1. The van der Waals surface area contributed by atoms with Gasteiger partial charge in [0, 0.05) is 31.5 Å². The number of carbonyl (C=O) groups is 1. The van der Waals surface area contributed by atoms with E-state index in [1.807, 2.05) is 31.4 Å². The Hall–Kier alpha value is -3.26. The van der Waals surface area contributed by atoms with E-state index in [1.165, 1.54) is 44.1 Å². The lowest BCUT2D eigenvalue weighted by Gasteiger charge is -2.27. The van der Waals surface area contributed by atoms with Gasteiger partial charge in [-0.25, -0.2) is 0 Å². The molecular formula is C28H36N6O2. The monoisotopic (exact) mass is 488 g/mol. The van der Waals surface area contributed by atoms with Crippen LogP contribution in [0.4, 0.5) is 5.69 Å². The standard InChI is InChI=1S/C25H31N3O2.C3H5N3/c29-24(26-21-9-5-8-20(15-21)19-6-4-7-19)23-14-18(16-27-12-2-1-3-13-27)17-28(25(23)30)22-10-11-22;1-6-2-4-5-3-6/h5,8-9,14-15,17,19,22H,1-4,6-7,10-13,16H2,(H,26,29);2-3H,1H3. The minimum absolute atomic E-state index is 0.160. The fraction of sp³-hybridized carbons (Fsp3) is 0.500. The molecule has 1 saturated heterocycles. The molecule has 190 valence electrons. The van der Waals surface area contributed by atoms with E-state index in [2.05, 4.69) is 32.5 Å². The summed E-state index contributed by atoms with van der Waals surface area (Å²) < 4.78 is 3.58. The molecule has 1 amide bonds. The number of hydrogen-bond acceptors (Lipinski definition) is 5. The van der Waals surface area contributed by atoms with Crippen molar-refractivity contribution < 1.29 is 4.79 Å². The highest BCUT2D eigenvalue weighted by Gasteiger charge is 2.27. The van der Waals surface area contributed by atoms with E-state index < -0.39 is 0 Å². The molecule has 6 rings (SSSR count). The number of carbonyl (C=O) groups excluding carboxylic acids is 1. The average Bonchev–Trinajstić information content (AvgIpc) is 3.58. The summed E-state index contributed by atoms with van der Waals surface area (Å²) in [6, 6.07) is 10.2. The number of hydrogen-bond donors (Lipinski definition) is 1. The van der Waals surface area contributed by atoms with Crippen LogP contribution >= 0.6 is 0 Å². The molecule has 2 saturated carbocycles. The first-order chi connectivity index (χ1) is 17.6. The number of aryl methyl sites for hydroxylation is 1. The maximum absolute atomic E-state index is 13.1. The van der Waals surface area contributed by atoms with Crippen molar-refractivity contribution in [3.8, 4) is 0 Å². The van der Waals surface area contributed by atoms with Crippen LogP contribution in [0.15, 0.2) is 54.0 Å². The largest absolute Gasteiger partial charge is 0.323 e. The van der Waals surface area contributed by atoms with Gasteiger partial charge in [0.1, 0.15) is 18.2 Å². The van der Waals surface area contributed by atoms with Gasteiger partial charge in [-0.3, -0.25) is 14.5 Å². The van der Waals surface area contributed by atoms with Crippen LogP contribution in [-0.4, -0.2) is 43.2 Å². The number of nitrogens with one attached hydrogen (secondary N) is 1. The topological polar surface area (TPSA) is 85.1 Å². The minimum atomic E-state index is -0.291. The van der Waals surface area contributed by atoms with E-state index in [1.54, 1.807) is 21.8 Å². The van der Waals surface area contributed by atoms with Gasteiger partial charge in [0.2, 0.25) is 0 Å². The zero-order chi connectivity index (χ0) is 24.9.